The zero-order valence-corrected chi connectivity index (χ0v) is 10.0. The molecule has 0 aliphatic rings. The molecule has 0 aliphatic heterocycles. The molecule has 0 fully saturated rings. The van der Waals surface area contributed by atoms with Crippen molar-refractivity contribution in [1.82, 2.24) is 4.37 Å². The van der Waals surface area contributed by atoms with E-state index in [9.17, 15) is 0 Å². The number of methoxy groups -OCH3 is 1. The first kappa shape index (κ1) is 10.5. The minimum Gasteiger partial charge on any atom is -0.496 e. The topological polar surface area (TPSA) is 22.1 Å². The van der Waals surface area contributed by atoms with Crippen molar-refractivity contribution < 1.29 is 4.74 Å². The van der Waals surface area contributed by atoms with Gasteiger partial charge < -0.3 is 4.74 Å². The molecule has 1 aromatic carbocycles. The van der Waals surface area contributed by atoms with Gasteiger partial charge in [-0.15, -0.1) is 0 Å². The molecule has 0 aliphatic carbocycles. The number of benzene rings is 1. The first-order valence-corrected chi connectivity index (χ1v) is 5.63. The van der Waals surface area contributed by atoms with Gasteiger partial charge >= 0.3 is 0 Å². The van der Waals surface area contributed by atoms with Crippen LogP contribution < -0.4 is 4.74 Å². The van der Waals surface area contributed by atoms with Crippen molar-refractivity contribution in [2.75, 3.05) is 7.11 Å². The lowest BCUT2D eigenvalue weighted by Gasteiger charge is -2.05. The van der Waals surface area contributed by atoms with Crippen LogP contribution in [0.15, 0.2) is 24.3 Å². The van der Waals surface area contributed by atoms with Crippen LogP contribution in [0.3, 0.4) is 0 Å². The van der Waals surface area contributed by atoms with Gasteiger partial charge in [0.25, 0.3) is 0 Å². The molecule has 4 heteroatoms. The molecule has 0 amide bonds. The van der Waals surface area contributed by atoms with Crippen LogP contribution in [-0.2, 0) is 0 Å². The fraction of sp³-hybridized carbons (Fsp3) is 0.182. The summed E-state index contributed by atoms with van der Waals surface area (Å²) in [7, 11) is 1.67. The SMILES string of the molecule is COc1ccc(-c2cc(Cl)sn2)cc1C. The van der Waals surface area contributed by atoms with Gasteiger partial charge in [-0.2, -0.15) is 4.37 Å². The number of hydrogen-bond donors (Lipinski definition) is 0. The highest BCUT2D eigenvalue weighted by molar-refractivity contribution is 7.10. The quantitative estimate of drug-likeness (QED) is 0.796. The van der Waals surface area contributed by atoms with Crippen molar-refractivity contribution in [2.45, 2.75) is 6.92 Å². The summed E-state index contributed by atoms with van der Waals surface area (Å²) >= 11 is 7.14. The average molecular weight is 240 g/mol. The molecule has 2 rings (SSSR count). The fourth-order valence-corrected chi connectivity index (χ4v) is 2.14. The van der Waals surface area contributed by atoms with Gasteiger partial charge in [0.2, 0.25) is 0 Å². The number of ether oxygens (including phenoxy) is 1. The molecule has 0 radical (unpaired) electrons. The first-order valence-electron chi connectivity index (χ1n) is 4.48. The van der Waals surface area contributed by atoms with Crippen molar-refractivity contribution >= 4 is 23.1 Å². The molecule has 78 valence electrons. The molecule has 1 aromatic heterocycles. The zero-order valence-electron chi connectivity index (χ0n) is 8.45. The minimum atomic E-state index is 0.707. The van der Waals surface area contributed by atoms with Gasteiger partial charge in [0.1, 0.15) is 10.1 Å². The van der Waals surface area contributed by atoms with Crippen LogP contribution in [0.1, 0.15) is 5.56 Å². The van der Waals surface area contributed by atoms with Crippen LogP contribution in [-0.4, -0.2) is 11.5 Å². The maximum Gasteiger partial charge on any atom is 0.121 e. The van der Waals surface area contributed by atoms with Crippen LogP contribution in [0.4, 0.5) is 0 Å². The Morgan fingerprint density at radius 1 is 1.33 bits per heavy atom. The number of nitrogens with zero attached hydrogens (tertiary/aromatic N) is 1. The summed E-state index contributed by atoms with van der Waals surface area (Å²) in [6.45, 7) is 2.01. The van der Waals surface area contributed by atoms with E-state index in [0.29, 0.717) is 4.34 Å². The third-order valence-corrected chi connectivity index (χ3v) is 3.07. The summed E-state index contributed by atoms with van der Waals surface area (Å²) in [5, 5.41) is 0. The van der Waals surface area contributed by atoms with E-state index >= 15 is 0 Å². The number of rotatable bonds is 2. The lowest BCUT2D eigenvalue weighted by atomic mass is 10.1. The van der Waals surface area contributed by atoms with Crippen LogP contribution >= 0.6 is 23.1 Å². The van der Waals surface area contributed by atoms with E-state index in [4.69, 9.17) is 16.3 Å². The molecular formula is C11H10ClNOS. The highest BCUT2D eigenvalue weighted by atomic mass is 35.5. The molecule has 2 nitrogen and oxygen atoms in total. The summed E-state index contributed by atoms with van der Waals surface area (Å²) < 4.78 is 10.2. The van der Waals surface area contributed by atoms with E-state index in [2.05, 4.69) is 4.37 Å². The molecule has 15 heavy (non-hydrogen) atoms. The van der Waals surface area contributed by atoms with Crippen molar-refractivity contribution in [3.8, 4) is 17.0 Å². The molecule has 0 saturated carbocycles. The molecule has 0 spiro atoms. The van der Waals surface area contributed by atoms with Crippen LogP contribution in [0.2, 0.25) is 4.34 Å². The Hall–Kier alpha value is -1.06. The highest BCUT2D eigenvalue weighted by Crippen LogP contribution is 2.28. The molecule has 1 heterocycles. The Bertz CT molecular complexity index is 481. The molecule has 0 saturated heterocycles. The van der Waals surface area contributed by atoms with Crippen molar-refractivity contribution in [1.29, 1.82) is 0 Å². The summed E-state index contributed by atoms with van der Waals surface area (Å²) in [5.74, 6) is 0.889. The number of halogens is 1. The van der Waals surface area contributed by atoms with E-state index in [1.165, 1.54) is 11.5 Å². The van der Waals surface area contributed by atoms with Gasteiger partial charge in [-0.3, -0.25) is 0 Å². The molecule has 0 bridgehead atoms. The molecule has 0 N–H and O–H groups in total. The predicted octanol–water partition coefficient (Wildman–Crippen LogP) is 3.78. The predicted molar refractivity (Wildman–Crippen MR) is 63.8 cm³/mol. The Labute approximate surface area is 97.6 Å². The van der Waals surface area contributed by atoms with Gasteiger partial charge in [0, 0.05) is 5.56 Å². The highest BCUT2D eigenvalue weighted by Gasteiger charge is 2.05. The van der Waals surface area contributed by atoms with Gasteiger partial charge in [0.15, 0.2) is 0 Å². The normalized spacial score (nSPS) is 10.3. The smallest absolute Gasteiger partial charge is 0.121 e. The zero-order chi connectivity index (χ0) is 10.8. The fourth-order valence-electron chi connectivity index (χ4n) is 1.43. The lowest BCUT2D eigenvalue weighted by Crippen LogP contribution is -1.87. The monoisotopic (exact) mass is 239 g/mol. The molecular weight excluding hydrogens is 230 g/mol. The molecule has 0 unspecified atom stereocenters. The van der Waals surface area contributed by atoms with Crippen LogP contribution in [0, 0.1) is 6.92 Å². The number of aromatic nitrogens is 1. The summed E-state index contributed by atoms with van der Waals surface area (Å²) in [6.07, 6.45) is 0. The van der Waals surface area contributed by atoms with Gasteiger partial charge in [-0.25, -0.2) is 0 Å². The molecule has 0 atom stereocenters. The van der Waals surface area contributed by atoms with E-state index in [1.807, 2.05) is 31.2 Å². The summed E-state index contributed by atoms with van der Waals surface area (Å²) in [5.41, 5.74) is 3.08. The van der Waals surface area contributed by atoms with Gasteiger partial charge in [-0.1, -0.05) is 11.6 Å². The lowest BCUT2D eigenvalue weighted by molar-refractivity contribution is 0.412. The Morgan fingerprint density at radius 2 is 2.13 bits per heavy atom. The van der Waals surface area contributed by atoms with Crippen LogP contribution in [0.5, 0.6) is 5.75 Å². The second-order valence-corrected chi connectivity index (χ2v) is 4.64. The van der Waals surface area contributed by atoms with E-state index in [-0.39, 0.29) is 0 Å². The second kappa shape index (κ2) is 4.21. The van der Waals surface area contributed by atoms with Crippen LogP contribution in [0.25, 0.3) is 11.3 Å². The maximum absolute atomic E-state index is 5.84. The van der Waals surface area contributed by atoms with Crippen molar-refractivity contribution in [3.05, 3.63) is 34.2 Å². The minimum absolute atomic E-state index is 0.707. The van der Waals surface area contributed by atoms with Crippen molar-refractivity contribution in [3.63, 3.8) is 0 Å². The third kappa shape index (κ3) is 2.13. The van der Waals surface area contributed by atoms with E-state index in [0.717, 1.165) is 22.6 Å². The maximum atomic E-state index is 5.84. The average Bonchev–Trinajstić information content (AvgIpc) is 2.65. The van der Waals surface area contributed by atoms with Crippen molar-refractivity contribution in [2.24, 2.45) is 0 Å². The van der Waals surface area contributed by atoms with E-state index < -0.39 is 0 Å². The first-order chi connectivity index (χ1) is 7.20. The third-order valence-electron chi connectivity index (χ3n) is 2.17. The second-order valence-electron chi connectivity index (χ2n) is 3.20. The largest absolute Gasteiger partial charge is 0.496 e. The summed E-state index contributed by atoms with van der Waals surface area (Å²) in [6, 6.07) is 7.84. The number of hydrogen-bond acceptors (Lipinski definition) is 3. The summed E-state index contributed by atoms with van der Waals surface area (Å²) in [4.78, 5) is 0. The Balaban J connectivity index is 2.42. The molecule has 2 aromatic rings. The standard InChI is InChI=1S/C11H10ClNOS/c1-7-5-8(3-4-10(7)14-2)9-6-11(12)15-13-9/h3-6H,1-2H3. The van der Waals surface area contributed by atoms with Gasteiger partial charge in [0.05, 0.1) is 12.8 Å². The number of aryl methyl sites for hydroxylation is 1. The Morgan fingerprint density at radius 3 is 2.67 bits per heavy atom. The van der Waals surface area contributed by atoms with Gasteiger partial charge in [-0.05, 0) is 48.3 Å². The Kier molecular flexibility index (Phi) is 2.93. The van der Waals surface area contributed by atoms with E-state index in [1.54, 1.807) is 7.11 Å².